The van der Waals surface area contributed by atoms with Crippen LogP contribution in [0.3, 0.4) is 0 Å². The number of nitrogens with zero attached hydrogens (tertiary/aromatic N) is 1. The summed E-state index contributed by atoms with van der Waals surface area (Å²) in [5.74, 6) is -3.20. The molecule has 0 aromatic heterocycles. The maximum Gasteiger partial charge on any atom is 0.416 e. The number of rotatable bonds is 3. The average Bonchev–Trinajstić information content (AvgIpc) is 2.56. The first-order chi connectivity index (χ1) is 12.2. The Morgan fingerprint density at radius 2 is 1.77 bits per heavy atom. The van der Waals surface area contributed by atoms with E-state index in [4.69, 9.17) is 11.6 Å². The van der Waals surface area contributed by atoms with Crippen LogP contribution in [0.25, 0.3) is 0 Å². The smallest absolute Gasteiger partial charge is 0.318 e. The number of nitrogens with one attached hydrogen (secondary N) is 2. The van der Waals surface area contributed by atoms with E-state index in [1.54, 1.807) is 0 Å². The molecule has 0 atom stereocenters. The van der Waals surface area contributed by atoms with Gasteiger partial charge in [0.1, 0.15) is 5.82 Å². The Balaban J connectivity index is 2.00. The average molecular weight is 388 g/mol. The molecular weight excluding hydrogens is 378 g/mol. The molecule has 0 aliphatic heterocycles. The SMILES string of the molecule is O=C(NN=Cc1c(F)cccc1Cl)C(=O)Nc1cccc(C(F)(F)F)c1. The Morgan fingerprint density at radius 3 is 2.42 bits per heavy atom. The summed E-state index contributed by atoms with van der Waals surface area (Å²) in [5, 5.41) is 5.43. The number of carbonyl (C=O) groups is 2. The highest BCUT2D eigenvalue weighted by atomic mass is 35.5. The standard InChI is InChI=1S/C16H10ClF4N3O2/c17-12-5-2-6-13(18)11(12)8-22-24-15(26)14(25)23-10-4-1-3-9(7-10)16(19,20)21/h1-8H,(H,23,25)(H,24,26). The van der Waals surface area contributed by atoms with Crippen LogP contribution in [0.1, 0.15) is 11.1 Å². The molecule has 0 heterocycles. The predicted octanol–water partition coefficient (Wildman–Crippen LogP) is 3.59. The van der Waals surface area contributed by atoms with Gasteiger partial charge in [-0.2, -0.15) is 18.3 Å². The van der Waals surface area contributed by atoms with E-state index in [1.807, 2.05) is 10.7 Å². The third-order valence-corrected chi connectivity index (χ3v) is 3.34. The van der Waals surface area contributed by atoms with Crippen LogP contribution in [-0.4, -0.2) is 18.0 Å². The van der Waals surface area contributed by atoms with Crippen molar-refractivity contribution in [2.24, 2.45) is 5.10 Å². The van der Waals surface area contributed by atoms with Gasteiger partial charge in [-0.25, -0.2) is 9.82 Å². The molecule has 0 fully saturated rings. The normalized spacial score (nSPS) is 11.4. The summed E-state index contributed by atoms with van der Waals surface area (Å²) in [6.07, 6.45) is -3.70. The van der Waals surface area contributed by atoms with Crippen molar-refractivity contribution >= 4 is 35.3 Å². The zero-order valence-corrected chi connectivity index (χ0v) is 13.5. The Hall–Kier alpha value is -2.94. The lowest BCUT2D eigenvalue weighted by Gasteiger charge is -2.09. The lowest BCUT2D eigenvalue weighted by molar-refractivity contribution is -0.137. The summed E-state index contributed by atoms with van der Waals surface area (Å²) in [6.45, 7) is 0. The molecule has 136 valence electrons. The van der Waals surface area contributed by atoms with Crippen molar-refractivity contribution in [2.45, 2.75) is 6.18 Å². The van der Waals surface area contributed by atoms with Crippen LogP contribution < -0.4 is 10.7 Å². The highest BCUT2D eigenvalue weighted by molar-refractivity contribution is 6.39. The van der Waals surface area contributed by atoms with Gasteiger partial charge in [-0.15, -0.1) is 0 Å². The highest BCUT2D eigenvalue weighted by Crippen LogP contribution is 2.30. The molecule has 26 heavy (non-hydrogen) atoms. The quantitative estimate of drug-likeness (QED) is 0.366. The van der Waals surface area contributed by atoms with Crippen LogP contribution in [0.15, 0.2) is 47.6 Å². The van der Waals surface area contributed by atoms with Crippen molar-refractivity contribution in [3.05, 3.63) is 64.4 Å². The monoisotopic (exact) mass is 387 g/mol. The molecule has 10 heteroatoms. The first-order valence-electron chi connectivity index (χ1n) is 6.94. The van der Waals surface area contributed by atoms with Crippen LogP contribution in [0.2, 0.25) is 5.02 Å². The Morgan fingerprint density at radius 1 is 1.08 bits per heavy atom. The first kappa shape index (κ1) is 19.4. The Kier molecular flexibility index (Phi) is 5.93. The van der Waals surface area contributed by atoms with E-state index in [2.05, 4.69) is 5.10 Å². The minimum atomic E-state index is -4.59. The van der Waals surface area contributed by atoms with Crippen LogP contribution >= 0.6 is 11.6 Å². The van der Waals surface area contributed by atoms with Gasteiger partial charge in [0, 0.05) is 11.3 Å². The summed E-state index contributed by atoms with van der Waals surface area (Å²) in [4.78, 5) is 23.3. The largest absolute Gasteiger partial charge is 0.416 e. The third-order valence-electron chi connectivity index (χ3n) is 3.01. The fourth-order valence-electron chi connectivity index (χ4n) is 1.80. The second kappa shape index (κ2) is 7.96. The van der Waals surface area contributed by atoms with Crippen molar-refractivity contribution in [1.82, 2.24) is 5.43 Å². The molecule has 0 radical (unpaired) electrons. The van der Waals surface area contributed by atoms with E-state index in [0.717, 1.165) is 24.4 Å². The van der Waals surface area contributed by atoms with E-state index in [-0.39, 0.29) is 16.3 Å². The Labute approximate surface area is 149 Å². The summed E-state index contributed by atoms with van der Waals surface area (Å²) in [5.41, 5.74) is 0.513. The van der Waals surface area contributed by atoms with Gasteiger partial charge in [-0.05, 0) is 30.3 Å². The van der Waals surface area contributed by atoms with E-state index in [9.17, 15) is 27.2 Å². The number of anilines is 1. The number of amides is 2. The molecular formula is C16H10ClF4N3O2. The maximum absolute atomic E-state index is 13.5. The van der Waals surface area contributed by atoms with Crippen molar-refractivity contribution in [3.8, 4) is 0 Å². The van der Waals surface area contributed by atoms with Gasteiger partial charge in [-0.1, -0.05) is 23.7 Å². The lowest BCUT2D eigenvalue weighted by Crippen LogP contribution is -2.32. The fraction of sp³-hybridized carbons (Fsp3) is 0.0625. The second-order valence-corrected chi connectivity index (χ2v) is 5.27. The molecule has 5 nitrogen and oxygen atoms in total. The topological polar surface area (TPSA) is 70.6 Å². The van der Waals surface area contributed by atoms with Gasteiger partial charge in [0.2, 0.25) is 0 Å². The van der Waals surface area contributed by atoms with Crippen LogP contribution in [0, 0.1) is 5.82 Å². The predicted molar refractivity (Wildman–Crippen MR) is 87.2 cm³/mol. The van der Waals surface area contributed by atoms with Gasteiger partial charge < -0.3 is 5.32 Å². The molecule has 2 aromatic rings. The maximum atomic E-state index is 13.5. The summed E-state index contributed by atoms with van der Waals surface area (Å²) in [7, 11) is 0. The number of hydrazone groups is 1. The van der Waals surface area contributed by atoms with E-state index in [1.165, 1.54) is 18.2 Å². The summed E-state index contributed by atoms with van der Waals surface area (Å²) < 4.78 is 51.3. The first-order valence-corrected chi connectivity index (χ1v) is 7.32. The Bertz CT molecular complexity index is 849. The summed E-state index contributed by atoms with van der Waals surface area (Å²) in [6, 6.07) is 7.64. The van der Waals surface area contributed by atoms with Gasteiger partial charge in [-0.3, -0.25) is 9.59 Å². The zero-order chi connectivity index (χ0) is 19.3. The molecule has 0 bridgehead atoms. The number of benzene rings is 2. The molecule has 2 amide bonds. The van der Waals surface area contributed by atoms with Crippen LogP contribution in [0.4, 0.5) is 23.2 Å². The molecule has 0 aliphatic rings. The van der Waals surface area contributed by atoms with E-state index in [0.29, 0.717) is 6.07 Å². The molecule has 2 aromatic carbocycles. The van der Waals surface area contributed by atoms with Gasteiger partial charge in [0.25, 0.3) is 0 Å². The number of hydrogen-bond donors (Lipinski definition) is 2. The minimum Gasteiger partial charge on any atom is -0.318 e. The van der Waals surface area contributed by atoms with Gasteiger partial charge in [0.15, 0.2) is 0 Å². The minimum absolute atomic E-state index is 0.0383. The highest BCUT2D eigenvalue weighted by Gasteiger charge is 2.30. The van der Waals surface area contributed by atoms with Gasteiger partial charge in [0.05, 0.1) is 16.8 Å². The summed E-state index contributed by atoms with van der Waals surface area (Å²) >= 11 is 5.75. The number of carbonyl (C=O) groups excluding carboxylic acids is 2. The molecule has 0 unspecified atom stereocenters. The van der Waals surface area contributed by atoms with Crippen molar-refractivity contribution in [2.75, 3.05) is 5.32 Å². The fourth-order valence-corrected chi connectivity index (χ4v) is 2.01. The molecule has 2 N–H and O–H groups in total. The molecule has 0 saturated carbocycles. The number of alkyl halides is 3. The van der Waals surface area contributed by atoms with E-state index >= 15 is 0 Å². The third kappa shape index (κ3) is 5.03. The molecule has 0 spiro atoms. The zero-order valence-electron chi connectivity index (χ0n) is 12.8. The molecule has 2 rings (SSSR count). The molecule has 0 saturated heterocycles. The molecule has 0 aliphatic carbocycles. The van der Waals surface area contributed by atoms with Crippen molar-refractivity contribution in [3.63, 3.8) is 0 Å². The number of hydrogen-bond acceptors (Lipinski definition) is 3. The van der Waals surface area contributed by atoms with Crippen LogP contribution in [-0.2, 0) is 15.8 Å². The van der Waals surface area contributed by atoms with Crippen molar-refractivity contribution < 1.29 is 27.2 Å². The second-order valence-electron chi connectivity index (χ2n) is 4.87. The van der Waals surface area contributed by atoms with Crippen LogP contribution in [0.5, 0.6) is 0 Å². The lowest BCUT2D eigenvalue weighted by atomic mass is 10.2. The van der Waals surface area contributed by atoms with Gasteiger partial charge >= 0.3 is 18.0 Å². The van der Waals surface area contributed by atoms with E-state index < -0.39 is 29.4 Å². The number of halogens is 5. The van der Waals surface area contributed by atoms with Crippen molar-refractivity contribution in [1.29, 1.82) is 0 Å².